The van der Waals surface area contributed by atoms with Crippen LogP contribution < -0.4 is 4.74 Å². The third-order valence-electron chi connectivity index (χ3n) is 3.45. The van der Waals surface area contributed by atoms with Crippen LogP contribution in [0.1, 0.15) is 21.7 Å². The van der Waals surface area contributed by atoms with Crippen molar-refractivity contribution >= 4 is 5.97 Å². The minimum atomic E-state index is -1.05. The molecule has 0 saturated carbocycles. The van der Waals surface area contributed by atoms with Crippen LogP contribution in [0.25, 0.3) is 11.3 Å². The second-order valence-electron chi connectivity index (χ2n) is 5.05. The van der Waals surface area contributed by atoms with Crippen LogP contribution in [0, 0.1) is 12.7 Å². The van der Waals surface area contributed by atoms with Gasteiger partial charge in [-0.2, -0.15) is 0 Å². The van der Waals surface area contributed by atoms with Crippen LogP contribution in [0.5, 0.6) is 5.88 Å². The maximum atomic E-state index is 13.0. The second-order valence-corrected chi connectivity index (χ2v) is 5.05. The van der Waals surface area contributed by atoms with Crippen molar-refractivity contribution in [3.63, 3.8) is 0 Å². The molecular weight excluding hydrogens is 331 g/mol. The zero-order valence-corrected chi connectivity index (χ0v) is 13.2. The molecule has 25 heavy (non-hydrogen) atoms. The lowest BCUT2D eigenvalue weighted by Gasteiger charge is -2.06. The first kappa shape index (κ1) is 18.1. The van der Waals surface area contributed by atoms with Gasteiger partial charge < -0.3 is 19.8 Å². The molecule has 7 nitrogen and oxygen atoms in total. The van der Waals surface area contributed by atoms with Crippen molar-refractivity contribution in [1.29, 1.82) is 0 Å². The first-order chi connectivity index (χ1) is 11.5. The van der Waals surface area contributed by atoms with E-state index in [4.69, 9.17) is 14.4 Å². The molecule has 3 rings (SSSR count). The van der Waals surface area contributed by atoms with Crippen LogP contribution >= 0.6 is 0 Å². The Morgan fingerprint density at radius 2 is 1.96 bits per heavy atom. The van der Waals surface area contributed by atoms with E-state index < -0.39 is 5.97 Å². The Hall–Kier alpha value is -3.26. The quantitative estimate of drug-likeness (QED) is 0.759. The summed E-state index contributed by atoms with van der Waals surface area (Å²) < 4.78 is 23.8. The number of hydrogen-bond donors (Lipinski definition) is 1. The van der Waals surface area contributed by atoms with E-state index in [1.54, 1.807) is 19.1 Å². The Morgan fingerprint density at radius 1 is 1.24 bits per heavy atom. The lowest BCUT2D eigenvalue weighted by atomic mass is 10.1. The molecule has 0 aliphatic rings. The summed E-state index contributed by atoms with van der Waals surface area (Å²) in [5.74, 6) is -0.524. The monoisotopic (exact) mass is 346 g/mol. The minimum Gasteiger partial charge on any atom is -0.478 e. The third-order valence-corrected chi connectivity index (χ3v) is 3.45. The van der Waals surface area contributed by atoms with Crippen LogP contribution in [-0.4, -0.2) is 26.7 Å². The molecule has 0 fully saturated rings. The Labute approximate surface area is 142 Å². The lowest BCUT2D eigenvalue weighted by Crippen LogP contribution is -2.01. The van der Waals surface area contributed by atoms with E-state index in [-0.39, 0.29) is 29.3 Å². The van der Waals surface area contributed by atoms with Gasteiger partial charge in [0.1, 0.15) is 23.9 Å². The number of aromatic carboxylic acids is 1. The second kappa shape index (κ2) is 7.54. The number of benzene rings is 1. The van der Waals surface area contributed by atoms with Crippen molar-refractivity contribution in [1.82, 2.24) is 10.1 Å². The van der Waals surface area contributed by atoms with Gasteiger partial charge in [-0.25, -0.2) is 14.2 Å². The summed E-state index contributed by atoms with van der Waals surface area (Å²) >= 11 is 0. The highest BCUT2D eigenvalue weighted by Gasteiger charge is 2.16. The van der Waals surface area contributed by atoms with Crippen molar-refractivity contribution < 1.29 is 29.0 Å². The summed E-state index contributed by atoms with van der Waals surface area (Å²) in [5.41, 5.74) is 2.07. The summed E-state index contributed by atoms with van der Waals surface area (Å²) in [6.45, 7) is 1.89. The standard InChI is InChI=1S/C17H13FN2O4.H2O/c1-10-14(9-23-15-7-4-12(8-19-15)17(21)22)16(20-24-10)11-2-5-13(18)6-3-11;/h2-8H,9H2,1H3,(H,21,22);1H2. The van der Waals surface area contributed by atoms with E-state index in [1.165, 1.54) is 30.5 Å². The molecule has 0 atom stereocenters. The molecule has 0 aliphatic heterocycles. The van der Waals surface area contributed by atoms with Gasteiger partial charge in [-0.1, -0.05) is 5.16 Å². The van der Waals surface area contributed by atoms with Crippen LogP contribution in [0.4, 0.5) is 4.39 Å². The average Bonchev–Trinajstić information content (AvgIpc) is 2.95. The van der Waals surface area contributed by atoms with Crippen molar-refractivity contribution in [2.45, 2.75) is 13.5 Å². The highest BCUT2D eigenvalue weighted by atomic mass is 19.1. The van der Waals surface area contributed by atoms with Gasteiger partial charge in [-0.3, -0.25) is 0 Å². The highest BCUT2D eigenvalue weighted by molar-refractivity contribution is 5.87. The Balaban J connectivity index is 0.00000225. The highest BCUT2D eigenvalue weighted by Crippen LogP contribution is 2.26. The normalized spacial score (nSPS) is 10.2. The number of ether oxygens (including phenoxy) is 1. The average molecular weight is 346 g/mol. The topological polar surface area (TPSA) is 117 Å². The number of halogens is 1. The van der Waals surface area contributed by atoms with Gasteiger partial charge in [-0.05, 0) is 37.3 Å². The van der Waals surface area contributed by atoms with E-state index in [9.17, 15) is 9.18 Å². The molecule has 0 bridgehead atoms. The number of carboxylic acids is 1. The lowest BCUT2D eigenvalue weighted by molar-refractivity contribution is 0.0696. The fraction of sp³-hybridized carbons (Fsp3) is 0.118. The summed E-state index contributed by atoms with van der Waals surface area (Å²) in [4.78, 5) is 14.7. The van der Waals surface area contributed by atoms with Crippen LogP contribution in [-0.2, 0) is 6.61 Å². The van der Waals surface area contributed by atoms with E-state index in [2.05, 4.69) is 10.1 Å². The van der Waals surface area contributed by atoms with Gasteiger partial charge in [0.2, 0.25) is 5.88 Å². The minimum absolute atomic E-state index is 0. The van der Waals surface area contributed by atoms with Crippen LogP contribution in [0.3, 0.4) is 0 Å². The zero-order valence-electron chi connectivity index (χ0n) is 13.2. The Bertz CT molecular complexity index is 860. The zero-order chi connectivity index (χ0) is 17.1. The number of pyridine rings is 1. The number of aryl methyl sites for hydroxylation is 1. The number of aromatic nitrogens is 2. The summed E-state index contributed by atoms with van der Waals surface area (Å²) in [6.07, 6.45) is 1.22. The van der Waals surface area contributed by atoms with Crippen LogP contribution in [0.15, 0.2) is 47.1 Å². The van der Waals surface area contributed by atoms with E-state index in [0.717, 1.165) is 0 Å². The molecule has 8 heteroatoms. The molecule has 1 aromatic carbocycles. The van der Waals surface area contributed by atoms with Gasteiger partial charge in [0.25, 0.3) is 0 Å². The number of carbonyl (C=O) groups is 1. The van der Waals surface area contributed by atoms with Crippen LogP contribution in [0.2, 0.25) is 0 Å². The largest absolute Gasteiger partial charge is 0.478 e. The molecule has 0 aliphatic carbocycles. The van der Waals surface area contributed by atoms with E-state index in [1.807, 2.05) is 0 Å². The Kier molecular flexibility index (Phi) is 5.45. The Morgan fingerprint density at radius 3 is 2.56 bits per heavy atom. The van der Waals surface area contributed by atoms with Crippen molar-refractivity contribution in [3.05, 3.63) is 65.3 Å². The maximum absolute atomic E-state index is 13.0. The first-order valence-corrected chi connectivity index (χ1v) is 7.08. The summed E-state index contributed by atoms with van der Waals surface area (Å²) in [6, 6.07) is 8.79. The van der Waals surface area contributed by atoms with Gasteiger partial charge in [0, 0.05) is 17.8 Å². The summed E-state index contributed by atoms with van der Waals surface area (Å²) in [5, 5.41) is 12.8. The summed E-state index contributed by atoms with van der Waals surface area (Å²) in [7, 11) is 0. The molecule has 0 amide bonds. The van der Waals surface area contributed by atoms with Gasteiger partial charge in [0.15, 0.2) is 0 Å². The molecule has 0 saturated heterocycles. The molecule has 3 aromatic rings. The fourth-order valence-electron chi connectivity index (χ4n) is 2.13. The first-order valence-electron chi connectivity index (χ1n) is 7.08. The van der Waals surface area contributed by atoms with Gasteiger partial charge >= 0.3 is 5.97 Å². The van der Waals surface area contributed by atoms with E-state index in [0.29, 0.717) is 22.6 Å². The number of hydrogen-bond acceptors (Lipinski definition) is 5. The number of rotatable bonds is 5. The molecule has 0 radical (unpaired) electrons. The van der Waals surface area contributed by atoms with Crippen molar-refractivity contribution in [2.24, 2.45) is 0 Å². The fourth-order valence-corrected chi connectivity index (χ4v) is 2.13. The SMILES string of the molecule is Cc1onc(-c2ccc(F)cc2)c1COc1ccc(C(=O)O)cn1.O. The molecule has 0 unspecified atom stereocenters. The van der Waals surface area contributed by atoms with Crippen molar-refractivity contribution in [3.8, 4) is 17.1 Å². The number of carboxylic acid groups (broad SMARTS) is 1. The molecule has 0 spiro atoms. The van der Waals surface area contributed by atoms with E-state index >= 15 is 0 Å². The molecule has 2 aromatic heterocycles. The number of nitrogens with zero attached hydrogens (tertiary/aromatic N) is 2. The predicted octanol–water partition coefficient (Wildman–Crippen LogP) is 2.64. The maximum Gasteiger partial charge on any atom is 0.337 e. The third kappa shape index (κ3) is 3.99. The molecule has 2 heterocycles. The predicted molar refractivity (Wildman–Crippen MR) is 85.8 cm³/mol. The molecule has 3 N–H and O–H groups in total. The smallest absolute Gasteiger partial charge is 0.337 e. The molecular formula is C17H15FN2O5. The van der Waals surface area contributed by atoms with Crippen molar-refractivity contribution in [2.75, 3.05) is 0 Å². The van der Waals surface area contributed by atoms with Gasteiger partial charge in [-0.15, -0.1) is 0 Å². The molecule has 130 valence electrons. The van der Waals surface area contributed by atoms with Gasteiger partial charge in [0.05, 0.1) is 11.1 Å².